The van der Waals surface area contributed by atoms with Crippen molar-refractivity contribution in [1.82, 2.24) is 4.98 Å². The molecule has 0 saturated carbocycles. The predicted molar refractivity (Wildman–Crippen MR) is 65.7 cm³/mol. The predicted octanol–water partition coefficient (Wildman–Crippen LogP) is 1.47. The number of anilines is 1. The maximum Gasteiger partial charge on any atom is 0.130 e. The van der Waals surface area contributed by atoms with E-state index in [9.17, 15) is 5.11 Å². The third-order valence-corrected chi connectivity index (χ3v) is 3.43. The first kappa shape index (κ1) is 11.9. The van der Waals surface area contributed by atoms with E-state index in [1.165, 1.54) is 0 Å². The van der Waals surface area contributed by atoms with Crippen LogP contribution in [-0.4, -0.2) is 29.3 Å². The molecule has 4 nitrogen and oxygen atoms in total. The van der Waals surface area contributed by atoms with Crippen molar-refractivity contribution in [3.8, 4) is 6.07 Å². The number of nitriles is 1. The van der Waals surface area contributed by atoms with Crippen LogP contribution in [0.1, 0.15) is 24.6 Å². The molecule has 0 radical (unpaired) electrons. The molecular formula is C13H17N3O. The molecule has 2 unspecified atom stereocenters. The van der Waals surface area contributed by atoms with E-state index in [2.05, 4.69) is 22.9 Å². The average Bonchev–Trinajstić information content (AvgIpc) is 2.69. The monoisotopic (exact) mass is 231 g/mol. The molecule has 2 heterocycles. The Morgan fingerprint density at radius 2 is 2.35 bits per heavy atom. The van der Waals surface area contributed by atoms with E-state index >= 15 is 0 Å². The fourth-order valence-corrected chi connectivity index (χ4v) is 2.43. The van der Waals surface area contributed by atoms with Gasteiger partial charge in [0.1, 0.15) is 5.82 Å². The molecule has 1 N–H and O–H groups in total. The van der Waals surface area contributed by atoms with E-state index in [1.807, 2.05) is 6.92 Å². The molecule has 1 fully saturated rings. The highest BCUT2D eigenvalue weighted by Gasteiger charge is 2.31. The molecule has 4 heteroatoms. The molecule has 1 aromatic rings. The number of nitrogens with zero attached hydrogens (tertiary/aromatic N) is 3. The van der Waals surface area contributed by atoms with Crippen LogP contribution >= 0.6 is 0 Å². The third-order valence-electron chi connectivity index (χ3n) is 3.43. The molecule has 90 valence electrons. The molecule has 2 rings (SSSR count). The van der Waals surface area contributed by atoms with Crippen LogP contribution in [0.5, 0.6) is 0 Å². The van der Waals surface area contributed by atoms with Crippen molar-refractivity contribution in [2.75, 3.05) is 18.1 Å². The lowest BCUT2D eigenvalue weighted by Crippen LogP contribution is -2.35. The highest BCUT2D eigenvalue weighted by molar-refractivity contribution is 5.48. The number of aromatic nitrogens is 1. The number of pyridine rings is 1. The van der Waals surface area contributed by atoms with Crippen LogP contribution in [0.25, 0.3) is 0 Å². The Morgan fingerprint density at radius 1 is 1.59 bits per heavy atom. The molecule has 0 spiro atoms. The van der Waals surface area contributed by atoms with Gasteiger partial charge in [0.25, 0.3) is 0 Å². The van der Waals surface area contributed by atoms with Gasteiger partial charge in [-0.2, -0.15) is 5.26 Å². The van der Waals surface area contributed by atoms with Crippen LogP contribution in [0.15, 0.2) is 12.1 Å². The van der Waals surface area contributed by atoms with Crippen LogP contribution in [0.3, 0.4) is 0 Å². The van der Waals surface area contributed by atoms with Gasteiger partial charge in [0.15, 0.2) is 0 Å². The van der Waals surface area contributed by atoms with E-state index in [0.717, 1.165) is 24.5 Å². The second-order valence-electron chi connectivity index (χ2n) is 4.68. The molecule has 0 amide bonds. The quantitative estimate of drug-likeness (QED) is 0.837. The minimum Gasteiger partial charge on any atom is -0.394 e. The third kappa shape index (κ3) is 2.25. The summed E-state index contributed by atoms with van der Waals surface area (Å²) in [6, 6.07) is 5.84. The maximum atomic E-state index is 9.43. The zero-order valence-electron chi connectivity index (χ0n) is 10.2. The van der Waals surface area contributed by atoms with Crippen molar-refractivity contribution in [2.45, 2.75) is 26.3 Å². The number of aryl methyl sites for hydroxylation is 1. The lowest BCUT2D eigenvalue weighted by atomic mass is 10.0. The molecule has 1 aliphatic heterocycles. The van der Waals surface area contributed by atoms with Gasteiger partial charge in [-0.05, 0) is 31.4 Å². The molecule has 0 bridgehead atoms. The second kappa shape index (κ2) is 4.72. The van der Waals surface area contributed by atoms with E-state index in [4.69, 9.17) is 5.26 Å². The Hall–Kier alpha value is -1.60. The van der Waals surface area contributed by atoms with E-state index in [0.29, 0.717) is 11.5 Å². The van der Waals surface area contributed by atoms with E-state index in [-0.39, 0.29) is 12.6 Å². The normalized spacial score (nSPS) is 23.8. The fraction of sp³-hybridized carbons (Fsp3) is 0.538. The van der Waals surface area contributed by atoms with Crippen LogP contribution in [-0.2, 0) is 0 Å². The maximum absolute atomic E-state index is 9.43. The first-order valence-electron chi connectivity index (χ1n) is 5.92. The summed E-state index contributed by atoms with van der Waals surface area (Å²) in [4.78, 5) is 6.57. The van der Waals surface area contributed by atoms with Crippen molar-refractivity contribution in [3.05, 3.63) is 23.4 Å². The minimum atomic E-state index is 0.121. The number of aliphatic hydroxyl groups is 1. The Balaban J connectivity index is 2.34. The second-order valence-corrected chi connectivity index (χ2v) is 4.68. The van der Waals surface area contributed by atoms with Gasteiger partial charge in [-0.1, -0.05) is 6.92 Å². The number of hydrogen-bond donors (Lipinski definition) is 1. The Morgan fingerprint density at radius 3 is 3.00 bits per heavy atom. The number of aliphatic hydroxyl groups excluding tert-OH is 1. The largest absolute Gasteiger partial charge is 0.394 e. The lowest BCUT2D eigenvalue weighted by Gasteiger charge is -2.26. The SMILES string of the molecule is Cc1cc(C#N)cc(N2CCC(C)C2CO)n1. The van der Waals surface area contributed by atoms with Gasteiger partial charge in [-0.25, -0.2) is 4.98 Å². The molecule has 0 aromatic carbocycles. The van der Waals surface area contributed by atoms with Gasteiger partial charge in [-0.3, -0.25) is 0 Å². The summed E-state index contributed by atoms with van der Waals surface area (Å²) < 4.78 is 0. The number of rotatable bonds is 2. The van der Waals surface area contributed by atoms with Gasteiger partial charge in [0.05, 0.1) is 24.3 Å². The molecule has 1 aliphatic rings. The highest BCUT2D eigenvalue weighted by Crippen LogP contribution is 2.28. The van der Waals surface area contributed by atoms with E-state index < -0.39 is 0 Å². The van der Waals surface area contributed by atoms with Crippen LogP contribution < -0.4 is 4.90 Å². The van der Waals surface area contributed by atoms with Gasteiger partial charge in [-0.15, -0.1) is 0 Å². The van der Waals surface area contributed by atoms with Crippen molar-refractivity contribution in [3.63, 3.8) is 0 Å². The lowest BCUT2D eigenvalue weighted by molar-refractivity contribution is 0.244. The summed E-state index contributed by atoms with van der Waals surface area (Å²) >= 11 is 0. The minimum absolute atomic E-state index is 0.121. The molecule has 0 aliphatic carbocycles. The van der Waals surface area contributed by atoms with Crippen molar-refractivity contribution < 1.29 is 5.11 Å². The summed E-state index contributed by atoms with van der Waals surface area (Å²) in [5, 5.41) is 18.4. The van der Waals surface area contributed by atoms with Crippen LogP contribution in [0, 0.1) is 24.2 Å². The molecule has 2 atom stereocenters. The summed E-state index contributed by atoms with van der Waals surface area (Å²) in [5.41, 5.74) is 1.47. The topological polar surface area (TPSA) is 60.2 Å². The highest BCUT2D eigenvalue weighted by atomic mass is 16.3. The van der Waals surface area contributed by atoms with Crippen LogP contribution in [0.4, 0.5) is 5.82 Å². The van der Waals surface area contributed by atoms with Gasteiger partial charge < -0.3 is 10.0 Å². The summed E-state index contributed by atoms with van der Waals surface area (Å²) in [7, 11) is 0. The van der Waals surface area contributed by atoms with E-state index in [1.54, 1.807) is 12.1 Å². The zero-order chi connectivity index (χ0) is 12.4. The van der Waals surface area contributed by atoms with Gasteiger partial charge in [0.2, 0.25) is 0 Å². The fourth-order valence-electron chi connectivity index (χ4n) is 2.43. The molecular weight excluding hydrogens is 214 g/mol. The summed E-state index contributed by atoms with van der Waals surface area (Å²) in [6.07, 6.45) is 1.06. The smallest absolute Gasteiger partial charge is 0.130 e. The van der Waals surface area contributed by atoms with Crippen molar-refractivity contribution in [1.29, 1.82) is 5.26 Å². The zero-order valence-corrected chi connectivity index (χ0v) is 10.2. The molecule has 1 saturated heterocycles. The van der Waals surface area contributed by atoms with Crippen LogP contribution in [0.2, 0.25) is 0 Å². The Labute approximate surface area is 102 Å². The van der Waals surface area contributed by atoms with Gasteiger partial charge >= 0.3 is 0 Å². The number of hydrogen-bond acceptors (Lipinski definition) is 4. The van der Waals surface area contributed by atoms with Gasteiger partial charge in [0, 0.05) is 12.2 Å². The first-order valence-corrected chi connectivity index (χ1v) is 5.92. The Kier molecular flexibility index (Phi) is 3.30. The molecule has 1 aromatic heterocycles. The average molecular weight is 231 g/mol. The molecule has 17 heavy (non-hydrogen) atoms. The van der Waals surface area contributed by atoms with Crippen molar-refractivity contribution >= 4 is 5.82 Å². The summed E-state index contributed by atoms with van der Waals surface area (Å²) in [6.45, 7) is 5.06. The first-order chi connectivity index (χ1) is 8.15. The Bertz CT molecular complexity index is 452. The van der Waals surface area contributed by atoms with Crippen molar-refractivity contribution in [2.24, 2.45) is 5.92 Å². The summed E-state index contributed by atoms with van der Waals surface area (Å²) in [5.74, 6) is 1.28. The standard InChI is InChI=1S/C13H17N3O/c1-9-3-4-16(12(9)8-17)13-6-11(7-14)5-10(2)15-13/h5-6,9,12,17H,3-4,8H2,1-2H3.